The molecule has 6 rings (SSSR count). The summed E-state index contributed by atoms with van der Waals surface area (Å²) in [4.78, 5) is 13.1. The molecular weight excluding hydrogens is 544 g/mol. The van der Waals surface area contributed by atoms with Gasteiger partial charge >= 0.3 is 5.97 Å². The standard InChI is InChI=1S/C40H58O4/c1-26(2)10-9-11-27(3)29-18-20-38(7)33-16-15-32-36(4,5)34(19-21-39(32)25-40(33,39)23-22-37(29,38)6)44-35(42)17-13-28-12-14-30(41)31(24-28)43-8/h10,12-14,17,24,27,29,32-34,41H,9,11,15-16,18-23,25H2,1-8H3/b17-13+/t27?,29-,32?,33?,34+,37-,38+,39-,40?/m1/s1. The zero-order valence-electron chi connectivity index (χ0n) is 28.8. The highest BCUT2D eigenvalue weighted by Gasteiger charge is 2.82. The predicted octanol–water partition coefficient (Wildman–Crippen LogP) is 10.1. The SMILES string of the molecule is COc1cc(/C=C/C(=O)O[C@H]2CC[C@]34CC35CC[C@]3(C)[C@@H](C(C)CCC=C(C)C)CC[C@@]3(C)C5CCC4C2(C)C)ccc1O. The van der Waals surface area contributed by atoms with Crippen molar-refractivity contribution >= 4 is 12.0 Å². The van der Waals surface area contributed by atoms with Crippen LogP contribution < -0.4 is 4.74 Å². The van der Waals surface area contributed by atoms with Crippen LogP contribution in [0.15, 0.2) is 35.9 Å². The predicted molar refractivity (Wildman–Crippen MR) is 178 cm³/mol. The first kappa shape index (κ1) is 31.7. The number of methoxy groups -OCH3 is 1. The van der Waals surface area contributed by atoms with Gasteiger partial charge in [0, 0.05) is 11.5 Å². The van der Waals surface area contributed by atoms with Crippen LogP contribution >= 0.6 is 0 Å². The number of ether oxygens (including phenoxy) is 2. The molecule has 0 bridgehead atoms. The Morgan fingerprint density at radius 2 is 1.70 bits per heavy atom. The summed E-state index contributed by atoms with van der Waals surface area (Å²) >= 11 is 0. The van der Waals surface area contributed by atoms with Crippen LogP contribution in [0.2, 0.25) is 0 Å². The van der Waals surface area contributed by atoms with Crippen LogP contribution in [0.1, 0.15) is 125 Å². The number of phenolic OH excluding ortho intramolecular Hbond substituents is 1. The van der Waals surface area contributed by atoms with Crippen molar-refractivity contribution in [3.63, 3.8) is 0 Å². The van der Waals surface area contributed by atoms with Gasteiger partial charge in [-0.3, -0.25) is 0 Å². The van der Waals surface area contributed by atoms with Gasteiger partial charge in [0.15, 0.2) is 11.5 Å². The highest BCUT2D eigenvalue weighted by atomic mass is 16.5. The molecule has 5 fully saturated rings. The number of carbonyl (C=O) groups is 1. The number of hydrogen-bond donors (Lipinski definition) is 1. The van der Waals surface area contributed by atoms with Crippen LogP contribution in [-0.4, -0.2) is 24.3 Å². The molecule has 5 aliphatic carbocycles. The monoisotopic (exact) mass is 602 g/mol. The molecule has 0 aromatic heterocycles. The van der Waals surface area contributed by atoms with Crippen molar-refractivity contribution in [3.05, 3.63) is 41.5 Å². The van der Waals surface area contributed by atoms with Gasteiger partial charge in [-0.1, -0.05) is 52.3 Å². The number of aromatic hydroxyl groups is 1. The minimum absolute atomic E-state index is 0.0305. The van der Waals surface area contributed by atoms with Gasteiger partial charge in [-0.25, -0.2) is 4.79 Å². The molecule has 2 spiro atoms. The average Bonchev–Trinajstić information content (AvgIpc) is 3.55. The van der Waals surface area contributed by atoms with E-state index in [2.05, 4.69) is 54.5 Å². The lowest BCUT2D eigenvalue weighted by Crippen LogP contribution is -2.58. The van der Waals surface area contributed by atoms with Crippen molar-refractivity contribution in [2.75, 3.05) is 7.11 Å². The summed E-state index contributed by atoms with van der Waals surface area (Å²) in [7, 11) is 1.53. The largest absolute Gasteiger partial charge is 0.504 e. The Balaban J connectivity index is 1.15. The van der Waals surface area contributed by atoms with Gasteiger partial charge in [-0.05, 0) is 154 Å². The molecule has 0 heterocycles. The van der Waals surface area contributed by atoms with E-state index < -0.39 is 0 Å². The van der Waals surface area contributed by atoms with E-state index in [1.807, 2.05) is 0 Å². The van der Waals surface area contributed by atoms with Gasteiger partial charge in [0.05, 0.1) is 7.11 Å². The Kier molecular flexibility index (Phi) is 7.89. The van der Waals surface area contributed by atoms with Crippen molar-refractivity contribution in [2.45, 2.75) is 125 Å². The fraction of sp³-hybridized carbons (Fsp3) is 0.725. The van der Waals surface area contributed by atoms with Crippen molar-refractivity contribution in [3.8, 4) is 11.5 Å². The van der Waals surface area contributed by atoms with Gasteiger partial charge in [0.1, 0.15) is 6.10 Å². The first-order valence-corrected chi connectivity index (χ1v) is 17.6. The van der Waals surface area contributed by atoms with Crippen molar-refractivity contribution < 1.29 is 19.4 Å². The zero-order chi connectivity index (χ0) is 31.7. The number of phenols is 1. The molecule has 1 aromatic rings. The zero-order valence-corrected chi connectivity index (χ0v) is 28.8. The van der Waals surface area contributed by atoms with E-state index in [0.717, 1.165) is 29.7 Å². The number of allylic oxidation sites excluding steroid dienone is 2. The number of esters is 1. The molecule has 0 aliphatic heterocycles. The Morgan fingerprint density at radius 3 is 2.43 bits per heavy atom. The topological polar surface area (TPSA) is 55.8 Å². The van der Waals surface area contributed by atoms with Crippen LogP contribution in [0.5, 0.6) is 11.5 Å². The van der Waals surface area contributed by atoms with Crippen molar-refractivity contribution in [1.82, 2.24) is 0 Å². The molecule has 4 unspecified atom stereocenters. The quantitative estimate of drug-likeness (QED) is 0.183. The second kappa shape index (κ2) is 10.9. The van der Waals surface area contributed by atoms with E-state index in [0.29, 0.717) is 33.3 Å². The van der Waals surface area contributed by atoms with Gasteiger partial charge in [0.2, 0.25) is 0 Å². The van der Waals surface area contributed by atoms with Crippen molar-refractivity contribution in [1.29, 1.82) is 0 Å². The Labute approximate surface area is 267 Å². The maximum absolute atomic E-state index is 13.1. The number of rotatable bonds is 8. The van der Waals surface area contributed by atoms with Gasteiger partial charge in [-0.15, -0.1) is 0 Å². The molecule has 242 valence electrons. The van der Waals surface area contributed by atoms with Crippen LogP contribution in [0.3, 0.4) is 0 Å². The highest BCUT2D eigenvalue weighted by molar-refractivity contribution is 5.87. The van der Waals surface area contributed by atoms with Crippen LogP contribution in [0.25, 0.3) is 6.08 Å². The first-order valence-electron chi connectivity index (χ1n) is 17.6. The minimum Gasteiger partial charge on any atom is -0.504 e. The third-order valence-electron chi connectivity index (χ3n) is 14.8. The fourth-order valence-corrected chi connectivity index (χ4v) is 12.5. The fourth-order valence-electron chi connectivity index (χ4n) is 12.5. The lowest BCUT2D eigenvalue weighted by Gasteiger charge is -2.63. The molecule has 0 radical (unpaired) electrons. The summed E-state index contributed by atoms with van der Waals surface area (Å²) in [5.41, 5.74) is 4.08. The van der Waals surface area contributed by atoms with E-state index in [4.69, 9.17) is 9.47 Å². The molecule has 0 amide bonds. The number of hydrogen-bond acceptors (Lipinski definition) is 4. The van der Waals surface area contributed by atoms with E-state index in [1.54, 1.807) is 24.3 Å². The molecule has 5 aliphatic rings. The Hall–Kier alpha value is -2.23. The van der Waals surface area contributed by atoms with Gasteiger partial charge in [-0.2, -0.15) is 0 Å². The Morgan fingerprint density at radius 1 is 0.977 bits per heavy atom. The van der Waals surface area contributed by atoms with E-state index >= 15 is 0 Å². The van der Waals surface area contributed by atoms with E-state index in [1.165, 1.54) is 83.0 Å². The van der Waals surface area contributed by atoms with Crippen molar-refractivity contribution in [2.24, 2.45) is 50.7 Å². The highest BCUT2D eigenvalue weighted by Crippen LogP contribution is 2.89. The summed E-state index contributed by atoms with van der Waals surface area (Å²) in [5.74, 6) is 3.33. The number of carbonyl (C=O) groups excluding carboxylic acids is 1. The van der Waals surface area contributed by atoms with Gasteiger partial charge < -0.3 is 14.6 Å². The first-order chi connectivity index (χ1) is 20.7. The molecular formula is C40H58O4. The number of benzene rings is 1. The molecule has 44 heavy (non-hydrogen) atoms. The van der Waals surface area contributed by atoms with E-state index in [-0.39, 0.29) is 23.2 Å². The molecule has 4 heteroatoms. The van der Waals surface area contributed by atoms with Crippen LogP contribution in [-0.2, 0) is 9.53 Å². The summed E-state index contributed by atoms with van der Waals surface area (Å²) in [6.07, 6.45) is 20.1. The average molecular weight is 603 g/mol. The summed E-state index contributed by atoms with van der Waals surface area (Å²) in [5, 5.41) is 9.88. The summed E-state index contributed by atoms with van der Waals surface area (Å²) in [6, 6.07) is 5.09. The second-order valence-corrected chi connectivity index (χ2v) is 17.0. The molecule has 1 N–H and O–H groups in total. The van der Waals surface area contributed by atoms with Gasteiger partial charge in [0.25, 0.3) is 0 Å². The normalized spacial score (nSPS) is 40.6. The molecule has 0 saturated heterocycles. The Bertz CT molecular complexity index is 1340. The summed E-state index contributed by atoms with van der Waals surface area (Å²) < 4.78 is 11.4. The lowest BCUT2D eigenvalue weighted by atomic mass is 9.41. The summed E-state index contributed by atoms with van der Waals surface area (Å²) in [6.45, 7) is 17.2. The molecule has 5 saturated carbocycles. The van der Waals surface area contributed by atoms with E-state index in [9.17, 15) is 9.90 Å². The second-order valence-electron chi connectivity index (χ2n) is 17.0. The number of fused-ring (bicyclic) bond motifs is 2. The smallest absolute Gasteiger partial charge is 0.331 e. The third-order valence-corrected chi connectivity index (χ3v) is 14.8. The van der Waals surface area contributed by atoms with Crippen LogP contribution in [0.4, 0.5) is 0 Å². The molecule has 1 aromatic carbocycles. The minimum atomic E-state index is -0.276. The third kappa shape index (κ3) is 4.62. The maximum Gasteiger partial charge on any atom is 0.331 e. The lowest BCUT2D eigenvalue weighted by molar-refractivity contribution is -0.179. The molecule has 9 atom stereocenters. The van der Waals surface area contributed by atoms with Crippen LogP contribution in [0, 0.1) is 50.7 Å². The molecule has 4 nitrogen and oxygen atoms in total. The maximum atomic E-state index is 13.1.